The number of nitrogens with two attached hydrogens (primary N) is 1. The summed E-state index contributed by atoms with van der Waals surface area (Å²) in [4.78, 5) is 9.99. The Bertz CT molecular complexity index is 108. The van der Waals surface area contributed by atoms with E-state index in [-0.39, 0.29) is 5.33 Å². The van der Waals surface area contributed by atoms with Crippen molar-refractivity contribution in [2.75, 3.05) is 5.33 Å². The van der Waals surface area contributed by atoms with Crippen molar-refractivity contribution in [1.29, 1.82) is 0 Å². The molecule has 0 aliphatic rings. The number of aliphatic hydroxyl groups is 1. The molecule has 0 aliphatic carbocycles. The van der Waals surface area contributed by atoms with Gasteiger partial charge in [0.15, 0.2) is 0 Å². The SMILES string of the molecule is N[C@H](C(=O)O)C(O)CBr. The molecule has 0 saturated heterocycles. The van der Waals surface area contributed by atoms with Crippen LogP contribution in [0, 0.1) is 0 Å². The van der Waals surface area contributed by atoms with E-state index in [0.29, 0.717) is 0 Å². The molecule has 0 amide bonds. The fraction of sp³-hybridized carbons (Fsp3) is 0.750. The van der Waals surface area contributed by atoms with Gasteiger partial charge in [-0.25, -0.2) is 0 Å². The standard InChI is InChI=1S/C4H8BrNO3/c5-1-2(7)3(6)4(8)9/h2-3,7H,1,6H2,(H,8,9)/t2?,3-/m0/s1. The molecule has 4 N–H and O–H groups in total. The van der Waals surface area contributed by atoms with Gasteiger partial charge in [0.25, 0.3) is 0 Å². The van der Waals surface area contributed by atoms with Crippen LogP contribution in [-0.2, 0) is 4.79 Å². The molecule has 0 aromatic rings. The first-order valence-electron chi connectivity index (χ1n) is 2.32. The zero-order valence-corrected chi connectivity index (χ0v) is 6.21. The van der Waals surface area contributed by atoms with Crippen LogP contribution in [0.15, 0.2) is 0 Å². The number of hydrogen-bond acceptors (Lipinski definition) is 3. The van der Waals surface area contributed by atoms with Crippen LogP contribution in [-0.4, -0.2) is 33.7 Å². The lowest BCUT2D eigenvalue weighted by Gasteiger charge is -2.10. The van der Waals surface area contributed by atoms with E-state index in [0.717, 1.165) is 0 Å². The van der Waals surface area contributed by atoms with Gasteiger partial charge in [-0.2, -0.15) is 0 Å². The summed E-state index contributed by atoms with van der Waals surface area (Å²) in [6.45, 7) is 0. The van der Waals surface area contributed by atoms with Crippen molar-refractivity contribution in [3.8, 4) is 0 Å². The second kappa shape index (κ2) is 3.81. The molecule has 0 aromatic carbocycles. The van der Waals surface area contributed by atoms with Gasteiger partial charge in [0, 0.05) is 5.33 Å². The lowest BCUT2D eigenvalue weighted by Crippen LogP contribution is -2.42. The molecule has 0 rings (SSSR count). The summed E-state index contributed by atoms with van der Waals surface area (Å²) >= 11 is 2.89. The Kier molecular flexibility index (Phi) is 3.76. The Labute approximate surface area is 60.8 Å². The van der Waals surface area contributed by atoms with Gasteiger partial charge in [0.1, 0.15) is 6.04 Å². The molecule has 0 radical (unpaired) electrons. The van der Waals surface area contributed by atoms with Crippen LogP contribution in [0.4, 0.5) is 0 Å². The molecule has 0 spiro atoms. The zero-order chi connectivity index (χ0) is 7.44. The van der Waals surface area contributed by atoms with Crippen molar-refractivity contribution in [3.63, 3.8) is 0 Å². The van der Waals surface area contributed by atoms with Crippen LogP contribution in [0.5, 0.6) is 0 Å². The van der Waals surface area contributed by atoms with Gasteiger partial charge in [-0.05, 0) is 0 Å². The average molecular weight is 198 g/mol. The van der Waals surface area contributed by atoms with Gasteiger partial charge in [-0.15, -0.1) is 0 Å². The first-order chi connectivity index (χ1) is 4.09. The van der Waals surface area contributed by atoms with Gasteiger partial charge in [0.2, 0.25) is 0 Å². The smallest absolute Gasteiger partial charge is 0.323 e. The predicted octanol–water partition coefficient (Wildman–Crippen LogP) is -0.846. The van der Waals surface area contributed by atoms with Crippen molar-refractivity contribution < 1.29 is 15.0 Å². The van der Waals surface area contributed by atoms with E-state index in [4.69, 9.17) is 15.9 Å². The topological polar surface area (TPSA) is 83.6 Å². The molecule has 0 aliphatic heterocycles. The number of carboxylic acid groups (broad SMARTS) is 1. The molecule has 0 aromatic heterocycles. The van der Waals surface area contributed by atoms with E-state index in [2.05, 4.69) is 15.9 Å². The lowest BCUT2D eigenvalue weighted by molar-refractivity contribution is -0.140. The summed E-state index contributed by atoms with van der Waals surface area (Å²) in [5.41, 5.74) is 4.99. The summed E-state index contributed by atoms with van der Waals surface area (Å²) in [6, 6.07) is -1.19. The lowest BCUT2D eigenvalue weighted by atomic mass is 10.2. The number of aliphatic hydroxyl groups excluding tert-OH is 1. The molecule has 0 heterocycles. The largest absolute Gasteiger partial charge is 0.480 e. The maximum atomic E-state index is 9.99. The molecule has 0 fully saturated rings. The predicted molar refractivity (Wildman–Crippen MR) is 35.4 cm³/mol. The highest BCUT2D eigenvalue weighted by molar-refractivity contribution is 9.09. The van der Waals surface area contributed by atoms with Crippen LogP contribution in [0.3, 0.4) is 0 Å². The number of hydrogen-bond donors (Lipinski definition) is 3. The van der Waals surface area contributed by atoms with Gasteiger partial charge in [-0.3, -0.25) is 4.79 Å². The maximum absolute atomic E-state index is 9.99. The summed E-state index contributed by atoms with van der Waals surface area (Å²) in [7, 11) is 0. The minimum absolute atomic E-state index is 0.181. The minimum atomic E-state index is -1.19. The van der Waals surface area contributed by atoms with Gasteiger partial charge in [-0.1, -0.05) is 15.9 Å². The Hall–Kier alpha value is -0.130. The van der Waals surface area contributed by atoms with Crippen LogP contribution < -0.4 is 5.73 Å². The normalized spacial score (nSPS) is 16.8. The summed E-state index contributed by atoms with van der Waals surface area (Å²) < 4.78 is 0. The van der Waals surface area contributed by atoms with E-state index in [1.54, 1.807) is 0 Å². The second-order valence-corrected chi connectivity index (χ2v) is 2.23. The monoisotopic (exact) mass is 197 g/mol. The number of halogens is 1. The van der Waals surface area contributed by atoms with Gasteiger partial charge in [0.05, 0.1) is 6.10 Å². The summed E-state index contributed by atoms with van der Waals surface area (Å²) in [5.74, 6) is -1.19. The van der Waals surface area contributed by atoms with Crippen LogP contribution in [0.2, 0.25) is 0 Å². The van der Waals surface area contributed by atoms with Crippen LogP contribution >= 0.6 is 15.9 Å². The molecular weight excluding hydrogens is 190 g/mol. The summed E-state index contributed by atoms with van der Waals surface area (Å²) in [6.07, 6.45) is -1.01. The third kappa shape index (κ3) is 2.78. The Morgan fingerprint density at radius 1 is 1.78 bits per heavy atom. The Balaban J connectivity index is 3.72. The quantitative estimate of drug-likeness (QED) is 0.516. The Morgan fingerprint density at radius 3 is 2.33 bits per heavy atom. The molecule has 54 valence electrons. The minimum Gasteiger partial charge on any atom is -0.480 e. The third-order valence-electron chi connectivity index (χ3n) is 0.858. The van der Waals surface area contributed by atoms with E-state index in [1.807, 2.05) is 0 Å². The number of rotatable bonds is 3. The molecule has 0 bridgehead atoms. The highest BCUT2D eigenvalue weighted by Crippen LogP contribution is 1.94. The highest BCUT2D eigenvalue weighted by atomic mass is 79.9. The molecule has 0 saturated carbocycles. The first kappa shape index (κ1) is 8.87. The van der Waals surface area contributed by atoms with E-state index in [1.165, 1.54) is 0 Å². The Morgan fingerprint density at radius 2 is 2.22 bits per heavy atom. The number of alkyl halides is 1. The van der Waals surface area contributed by atoms with Crippen LogP contribution in [0.1, 0.15) is 0 Å². The molecule has 1 unspecified atom stereocenters. The van der Waals surface area contributed by atoms with Crippen molar-refractivity contribution in [3.05, 3.63) is 0 Å². The van der Waals surface area contributed by atoms with E-state index < -0.39 is 18.1 Å². The molecular formula is C4H8BrNO3. The van der Waals surface area contributed by atoms with E-state index >= 15 is 0 Å². The second-order valence-electron chi connectivity index (χ2n) is 1.59. The van der Waals surface area contributed by atoms with Crippen molar-refractivity contribution >= 4 is 21.9 Å². The van der Waals surface area contributed by atoms with E-state index in [9.17, 15) is 4.79 Å². The zero-order valence-electron chi connectivity index (χ0n) is 4.62. The van der Waals surface area contributed by atoms with Gasteiger partial charge < -0.3 is 15.9 Å². The maximum Gasteiger partial charge on any atom is 0.323 e. The molecule has 4 nitrogen and oxygen atoms in total. The third-order valence-corrected chi connectivity index (χ3v) is 1.52. The van der Waals surface area contributed by atoms with Crippen molar-refractivity contribution in [2.24, 2.45) is 5.73 Å². The van der Waals surface area contributed by atoms with Gasteiger partial charge >= 0.3 is 5.97 Å². The first-order valence-corrected chi connectivity index (χ1v) is 3.44. The highest BCUT2D eigenvalue weighted by Gasteiger charge is 2.19. The molecule has 2 atom stereocenters. The van der Waals surface area contributed by atoms with Crippen LogP contribution in [0.25, 0.3) is 0 Å². The summed E-state index contributed by atoms with van der Waals surface area (Å²) in [5, 5.41) is 17.1. The number of carbonyl (C=O) groups is 1. The number of carboxylic acids is 1. The number of aliphatic carboxylic acids is 1. The van der Waals surface area contributed by atoms with Crippen molar-refractivity contribution in [2.45, 2.75) is 12.1 Å². The fourth-order valence-electron chi connectivity index (χ4n) is 0.261. The fourth-order valence-corrected chi connectivity index (χ4v) is 0.663. The van der Waals surface area contributed by atoms with Crippen molar-refractivity contribution in [1.82, 2.24) is 0 Å². The average Bonchev–Trinajstić information content (AvgIpc) is 1.84. The molecule has 9 heavy (non-hydrogen) atoms. The molecule has 5 heteroatoms.